The molecular weight excluding hydrogens is 291 g/mol. The Bertz CT molecular complexity index is 841. The van der Waals surface area contributed by atoms with Crippen LogP contribution in [0.15, 0.2) is 48.5 Å². The fraction of sp³-hybridized carbons (Fsp3) is 0.0625. The molecule has 0 aliphatic rings. The number of nitrogens with zero attached hydrogens (tertiary/aromatic N) is 1. The van der Waals surface area contributed by atoms with E-state index in [0.717, 1.165) is 10.9 Å². The fourth-order valence-electron chi connectivity index (χ4n) is 2.29. The lowest BCUT2D eigenvalue weighted by Crippen LogP contribution is -2.16. The second-order valence-corrected chi connectivity index (χ2v) is 5.10. The summed E-state index contributed by atoms with van der Waals surface area (Å²) >= 11 is 6.13. The maximum Gasteiger partial charge on any atom is 0.272 e. The monoisotopic (exact) mass is 302 g/mol. The summed E-state index contributed by atoms with van der Waals surface area (Å²) in [6, 6.07) is 13.2. The number of aromatic nitrogens is 1. The Hall–Kier alpha value is -2.33. The molecule has 3 rings (SSSR count). The van der Waals surface area contributed by atoms with E-state index in [9.17, 15) is 9.18 Å². The summed E-state index contributed by atoms with van der Waals surface area (Å²) in [6.07, 6.45) is 0. The summed E-state index contributed by atoms with van der Waals surface area (Å²) in [4.78, 5) is 12.3. The van der Waals surface area contributed by atoms with E-state index in [2.05, 4.69) is 5.32 Å². The number of nitrogens with one attached hydrogen (secondary N) is 1. The average molecular weight is 303 g/mol. The highest BCUT2D eigenvalue weighted by Gasteiger charge is 2.15. The summed E-state index contributed by atoms with van der Waals surface area (Å²) in [6.45, 7) is 0. The van der Waals surface area contributed by atoms with Crippen LogP contribution in [0.5, 0.6) is 0 Å². The van der Waals surface area contributed by atoms with Crippen molar-refractivity contribution in [1.82, 2.24) is 4.57 Å². The molecule has 21 heavy (non-hydrogen) atoms. The van der Waals surface area contributed by atoms with Crippen molar-refractivity contribution in [3.8, 4) is 0 Å². The third kappa shape index (κ3) is 2.38. The number of hydrogen-bond acceptors (Lipinski definition) is 1. The van der Waals surface area contributed by atoms with Crippen LogP contribution in [0.3, 0.4) is 0 Å². The van der Waals surface area contributed by atoms with Gasteiger partial charge in [0.2, 0.25) is 0 Å². The standard InChI is InChI=1S/C16H12ClFN2O/c1-20-14-8-4-5-11(17)10(14)9-15(20)16(21)19-13-7-3-2-6-12(13)18/h2-9H,1H3,(H,19,21). The van der Waals surface area contributed by atoms with Gasteiger partial charge in [0.25, 0.3) is 5.91 Å². The van der Waals surface area contributed by atoms with Gasteiger partial charge in [-0.25, -0.2) is 4.39 Å². The Morgan fingerprint density at radius 2 is 1.95 bits per heavy atom. The molecule has 0 aliphatic heterocycles. The van der Waals surface area contributed by atoms with Gasteiger partial charge < -0.3 is 9.88 Å². The average Bonchev–Trinajstić information content (AvgIpc) is 2.81. The van der Waals surface area contributed by atoms with Crippen molar-refractivity contribution < 1.29 is 9.18 Å². The molecule has 0 saturated carbocycles. The zero-order chi connectivity index (χ0) is 15.0. The third-order valence-electron chi connectivity index (χ3n) is 3.39. The maximum absolute atomic E-state index is 13.6. The molecule has 1 heterocycles. The number of anilines is 1. The van der Waals surface area contributed by atoms with Gasteiger partial charge in [0.15, 0.2) is 0 Å². The molecule has 0 radical (unpaired) electrons. The number of carbonyl (C=O) groups excluding carboxylic acids is 1. The van der Waals surface area contributed by atoms with E-state index in [-0.39, 0.29) is 11.6 Å². The fourth-order valence-corrected chi connectivity index (χ4v) is 2.52. The number of carbonyl (C=O) groups is 1. The van der Waals surface area contributed by atoms with Gasteiger partial charge in [0, 0.05) is 23.0 Å². The number of benzene rings is 2. The lowest BCUT2D eigenvalue weighted by Gasteiger charge is -2.07. The SMILES string of the molecule is Cn1c(C(=O)Nc2ccccc2F)cc2c(Cl)cccc21. The van der Waals surface area contributed by atoms with Gasteiger partial charge in [-0.05, 0) is 30.3 Å². The van der Waals surface area contributed by atoms with Crippen LogP contribution in [0, 0.1) is 5.82 Å². The van der Waals surface area contributed by atoms with E-state index < -0.39 is 5.82 Å². The van der Waals surface area contributed by atoms with E-state index in [4.69, 9.17) is 11.6 Å². The van der Waals surface area contributed by atoms with E-state index in [0.29, 0.717) is 10.7 Å². The minimum absolute atomic E-state index is 0.152. The van der Waals surface area contributed by atoms with Crippen molar-refractivity contribution in [1.29, 1.82) is 0 Å². The number of halogens is 2. The predicted molar refractivity (Wildman–Crippen MR) is 82.3 cm³/mol. The lowest BCUT2D eigenvalue weighted by molar-refractivity contribution is 0.101. The predicted octanol–water partition coefficient (Wildman–Crippen LogP) is 4.22. The summed E-state index contributed by atoms with van der Waals surface area (Å²) in [7, 11) is 1.77. The first-order chi connectivity index (χ1) is 10.1. The Kier molecular flexibility index (Phi) is 3.39. The lowest BCUT2D eigenvalue weighted by atomic mass is 10.2. The first-order valence-electron chi connectivity index (χ1n) is 6.38. The third-order valence-corrected chi connectivity index (χ3v) is 3.72. The van der Waals surface area contributed by atoms with Crippen molar-refractivity contribution in [2.24, 2.45) is 7.05 Å². The molecule has 0 unspecified atom stereocenters. The first kappa shape index (κ1) is 13.6. The molecule has 0 spiro atoms. The van der Waals surface area contributed by atoms with Crippen LogP contribution in [-0.4, -0.2) is 10.5 Å². The molecule has 106 valence electrons. The second kappa shape index (κ2) is 5.22. The molecule has 0 saturated heterocycles. The van der Waals surface area contributed by atoms with Gasteiger partial charge in [-0.3, -0.25) is 4.79 Å². The van der Waals surface area contributed by atoms with E-state index in [1.54, 1.807) is 35.9 Å². The Morgan fingerprint density at radius 3 is 2.67 bits per heavy atom. The molecule has 0 atom stereocenters. The van der Waals surface area contributed by atoms with Crippen molar-refractivity contribution in [2.45, 2.75) is 0 Å². The van der Waals surface area contributed by atoms with Crippen LogP contribution in [-0.2, 0) is 7.05 Å². The van der Waals surface area contributed by atoms with Crippen molar-refractivity contribution in [3.63, 3.8) is 0 Å². The van der Waals surface area contributed by atoms with Crippen LogP contribution in [0.25, 0.3) is 10.9 Å². The number of hydrogen-bond donors (Lipinski definition) is 1. The number of aryl methyl sites for hydroxylation is 1. The van der Waals surface area contributed by atoms with Gasteiger partial charge in [-0.2, -0.15) is 0 Å². The number of amides is 1. The van der Waals surface area contributed by atoms with Crippen LogP contribution in [0.1, 0.15) is 10.5 Å². The van der Waals surface area contributed by atoms with Crippen molar-refractivity contribution in [2.75, 3.05) is 5.32 Å². The Labute approximate surface area is 125 Å². The molecule has 1 aromatic heterocycles. The topological polar surface area (TPSA) is 34.0 Å². The maximum atomic E-state index is 13.6. The number of rotatable bonds is 2. The molecule has 3 aromatic rings. The Balaban J connectivity index is 2.01. The molecule has 0 bridgehead atoms. The normalized spacial score (nSPS) is 10.8. The van der Waals surface area contributed by atoms with Crippen molar-refractivity contribution in [3.05, 3.63) is 65.1 Å². The molecule has 0 aliphatic carbocycles. The molecule has 1 N–H and O–H groups in total. The minimum atomic E-state index is -0.470. The number of para-hydroxylation sites is 1. The molecule has 1 amide bonds. The van der Waals surface area contributed by atoms with Gasteiger partial charge in [0.05, 0.1) is 5.69 Å². The summed E-state index contributed by atoms with van der Waals surface area (Å²) in [5.41, 5.74) is 1.42. The van der Waals surface area contributed by atoms with Gasteiger partial charge in [-0.1, -0.05) is 29.8 Å². The van der Waals surface area contributed by atoms with E-state index in [1.807, 2.05) is 12.1 Å². The summed E-state index contributed by atoms with van der Waals surface area (Å²) < 4.78 is 15.3. The summed E-state index contributed by atoms with van der Waals surface area (Å²) in [5.74, 6) is -0.850. The zero-order valence-electron chi connectivity index (χ0n) is 11.2. The van der Waals surface area contributed by atoms with Gasteiger partial charge >= 0.3 is 0 Å². The molecule has 0 fully saturated rings. The molecule has 3 nitrogen and oxygen atoms in total. The van der Waals surface area contributed by atoms with E-state index >= 15 is 0 Å². The zero-order valence-corrected chi connectivity index (χ0v) is 12.0. The summed E-state index contributed by atoms with van der Waals surface area (Å²) in [5, 5.41) is 3.94. The molecular formula is C16H12ClFN2O. The highest BCUT2D eigenvalue weighted by molar-refractivity contribution is 6.35. The first-order valence-corrected chi connectivity index (χ1v) is 6.75. The quantitative estimate of drug-likeness (QED) is 0.755. The van der Waals surface area contributed by atoms with Crippen LogP contribution in [0.4, 0.5) is 10.1 Å². The minimum Gasteiger partial charge on any atom is -0.340 e. The van der Waals surface area contributed by atoms with Crippen molar-refractivity contribution >= 4 is 34.1 Å². The largest absolute Gasteiger partial charge is 0.340 e. The smallest absolute Gasteiger partial charge is 0.272 e. The van der Waals surface area contributed by atoms with Crippen LogP contribution < -0.4 is 5.32 Å². The Morgan fingerprint density at radius 1 is 1.19 bits per heavy atom. The second-order valence-electron chi connectivity index (χ2n) is 4.70. The van der Waals surface area contributed by atoms with Crippen LogP contribution in [0.2, 0.25) is 5.02 Å². The molecule has 5 heteroatoms. The number of fused-ring (bicyclic) bond motifs is 1. The highest BCUT2D eigenvalue weighted by Crippen LogP contribution is 2.26. The van der Waals surface area contributed by atoms with E-state index in [1.165, 1.54) is 12.1 Å². The van der Waals surface area contributed by atoms with Crippen LogP contribution >= 0.6 is 11.6 Å². The highest BCUT2D eigenvalue weighted by atomic mass is 35.5. The van der Waals surface area contributed by atoms with Gasteiger partial charge in [0.1, 0.15) is 11.5 Å². The molecule has 2 aromatic carbocycles. The van der Waals surface area contributed by atoms with Gasteiger partial charge in [-0.15, -0.1) is 0 Å².